The number of halogens is 1. The molecule has 3 rings (SSSR count). The lowest BCUT2D eigenvalue weighted by Gasteiger charge is -2.07. The van der Waals surface area contributed by atoms with Crippen LogP contribution in [0.25, 0.3) is 11.0 Å². The maximum absolute atomic E-state index is 12.2. The third-order valence-electron chi connectivity index (χ3n) is 3.25. The number of rotatable bonds is 4. The largest absolute Gasteiger partial charge is 0.506 e. The summed E-state index contributed by atoms with van der Waals surface area (Å²) in [6.45, 7) is -0.364. The maximum atomic E-state index is 12.2. The first-order chi connectivity index (χ1) is 11.1. The van der Waals surface area contributed by atoms with Gasteiger partial charge in [0.15, 0.2) is 6.61 Å². The third kappa shape index (κ3) is 3.21. The van der Waals surface area contributed by atoms with Crippen molar-refractivity contribution in [3.05, 3.63) is 68.1 Å². The molecule has 0 aliphatic heterocycles. The van der Waals surface area contributed by atoms with E-state index in [9.17, 15) is 14.7 Å². The van der Waals surface area contributed by atoms with Crippen LogP contribution in [0, 0.1) is 3.57 Å². The highest BCUT2D eigenvalue weighted by Crippen LogP contribution is 2.26. The molecule has 0 unspecified atom stereocenters. The molecule has 23 heavy (non-hydrogen) atoms. The van der Waals surface area contributed by atoms with Crippen LogP contribution < -0.4 is 10.4 Å². The second-order valence-corrected chi connectivity index (χ2v) is 6.02. The number of hydrogen-bond donors (Lipinski definition) is 1. The van der Waals surface area contributed by atoms with Crippen molar-refractivity contribution in [2.75, 3.05) is 6.61 Å². The molecule has 0 aliphatic rings. The van der Waals surface area contributed by atoms with Crippen LogP contribution in [0.4, 0.5) is 0 Å². The van der Waals surface area contributed by atoms with Crippen LogP contribution in [0.15, 0.2) is 57.7 Å². The predicted molar refractivity (Wildman–Crippen MR) is 93.1 cm³/mol. The molecule has 0 aliphatic carbocycles. The number of carbonyl (C=O) groups excluding carboxylic acids is 1. The van der Waals surface area contributed by atoms with Gasteiger partial charge in [0.2, 0.25) is 5.78 Å². The molecule has 1 N–H and O–H groups in total. The van der Waals surface area contributed by atoms with E-state index in [1.807, 2.05) is 12.1 Å². The van der Waals surface area contributed by atoms with Gasteiger partial charge in [-0.3, -0.25) is 4.79 Å². The Balaban J connectivity index is 1.89. The Bertz CT molecular complexity index is 928. The standard InChI is InChI=1S/C17H11IO5/c18-10-5-7-11(8-6-10)22-9-13(19)15-16(20)12-3-1-2-4-14(12)23-17(15)21/h1-8,20H,9H2. The molecular weight excluding hydrogens is 411 g/mol. The predicted octanol–water partition coefficient (Wildman–Crippen LogP) is 3.36. The van der Waals surface area contributed by atoms with Gasteiger partial charge in [-0.05, 0) is 59.0 Å². The van der Waals surface area contributed by atoms with E-state index >= 15 is 0 Å². The second-order valence-electron chi connectivity index (χ2n) is 4.78. The number of ether oxygens (including phenoxy) is 1. The zero-order chi connectivity index (χ0) is 16.4. The number of aromatic hydroxyl groups is 1. The lowest BCUT2D eigenvalue weighted by atomic mass is 10.1. The Hall–Kier alpha value is -2.35. The van der Waals surface area contributed by atoms with Crippen molar-refractivity contribution in [2.24, 2.45) is 0 Å². The summed E-state index contributed by atoms with van der Waals surface area (Å²) < 4.78 is 11.5. The molecule has 1 aromatic heterocycles. The molecule has 0 saturated carbocycles. The summed E-state index contributed by atoms with van der Waals surface area (Å²) in [5.41, 5.74) is -1.04. The molecule has 0 atom stereocenters. The Morgan fingerprint density at radius 1 is 1.13 bits per heavy atom. The van der Waals surface area contributed by atoms with Gasteiger partial charge in [-0.1, -0.05) is 12.1 Å². The highest BCUT2D eigenvalue weighted by Gasteiger charge is 2.21. The Labute approximate surface area is 144 Å². The lowest BCUT2D eigenvalue weighted by Crippen LogP contribution is -2.20. The first kappa shape index (κ1) is 15.5. The summed E-state index contributed by atoms with van der Waals surface area (Å²) in [5, 5.41) is 10.5. The van der Waals surface area contributed by atoms with Crippen molar-refractivity contribution in [1.82, 2.24) is 0 Å². The Morgan fingerprint density at radius 3 is 2.57 bits per heavy atom. The number of ketones is 1. The van der Waals surface area contributed by atoms with E-state index in [1.165, 1.54) is 0 Å². The first-order valence-corrected chi connectivity index (χ1v) is 7.80. The van der Waals surface area contributed by atoms with Crippen LogP contribution in [-0.2, 0) is 0 Å². The molecule has 3 aromatic rings. The average Bonchev–Trinajstić information content (AvgIpc) is 2.54. The first-order valence-electron chi connectivity index (χ1n) is 6.72. The quantitative estimate of drug-likeness (QED) is 0.397. The van der Waals surface area contributed by atoms with Crippen LogP contribution in [0.2, 0.25) is 0 Å². The van der Waals surface area contributed by atoms with E-state index in [-0.39, 0.29) is 17.9 Å². The fourth-order valence-corrected chi connectivity index (χ4v) is 2.49. The van der Waals surface area contributed by atoms with E-state index in [1.54, 1.807) is 36.4 Å². The highest BCUT2D eigenvalue weighted by molar-refractivity contribution is 14.1. The summed E-state index contributed by atoms with van der Waals surface area (Å²) in [6, 6.07) is 13.6. The average molecular weight is 422 g/mol. The minimum Gasteiger partial charge on any atom is -0.506 e. The van der Waals surface area contributed by atoms with E-state index in [2.05, 4.69) is 22.6 Å². The van der Waals surface area contributed by atoms with Gasteiger partial charge in [-0.15, -0.1) is 0 Å². The van der Waals surface area contributed by atoms with Gasteiger partial charge in [0, 0.05) is 3.57 Å². The van der Waals surface area contributed by atoms with Gasteiger partial charge in [0.25, 0.3) is 0 Å². The number of Topliss-reactive ketones (excluding diaryl/α,β-unsaturated/α-hetero) is 1. The van der Waals surface area contributed by atoms with Gasteiger partial charge in [-0.25, -0.2) is 4.79 Å². The molecule has 0 radical (unpaired) electrons. The Kier molecular flexibility index (Phi) is 4.33. The van der Waals surface area contributed by atoms with Crippen LogP contribution in [0.1, 0.15) is 10.4 Å². The number of benzene rings is 2. The minimum atomic E-state index is -0.877. The van der Waals surface area contributed by atoms with Crippen molar-refractivity contribution >= 4 is 39.3 Å². The minimum absolute atomic E-state index is 0.227. The SMILES string of the molecule is O=C(COc1ccc(I)cc1)c1c(O)c2ccccc2oc1=O. The van der Waals surface area contributed by atoms with Crippen LogP contribution >= 0.6 is 22.6 Å². The fraction of sp³-hybridized carbons (Fsp3) is 0.0588. The van der Waals surface area contributed by atoms with Crippen LogP contribution in [-0.4, -0.2) is 17.5 Å². The van der Waals surface area contributed by atoms with Crippen molar-refractivity contribution in [3.8, 4) is 11.5 Å². The van der Waals surface area contributed by atoms with E-state index in [4.69, 9.17) is 9.15 Å². The molecule has 2 aromatic carbocycles. The van der Waals surface area contributed by atoms with E-state index in [0.717, 1.165) is 3.57 Å². The number of hydrogen-bond acceptors (Lipinski definition) is 5. The molecule has 5 nitrogen and oxygen atoms in total. The summed E-state index contributed by atoms with van der Waals surface area (Å²) >= 11 is 2.15. The van der Waals surface area contributed by atoms with Gasteiger partial charge in [0.05, 0.1) is 5.39 Å². The highest BCUT2D eigenvalue weighted by atomic mass is 127. The number of para-hydroxylation sites is 1. The van der Waals surface area contributed by atoms with Crippen molar-refractivity contribution in [3.63, 3.8) is 0 Å². The fourth-order valence-electron chi connectivity index (χ4n) is 2.13. The van der Waals surface area contributed by atoms with Gasteiger partial charge >= 0.3 is 5.63 Å². The molecule has 116 valence electrons. The van der Waals surface area contributed by atoms with Crippen LogP contribution in [0.3, 0.4) is 0 Å². The monoisotopic (exact) mass is 422 g/mol. The van der Waals surface area contributed by atoms with Crippen molar-refractivity contribution in [2.45, 2.75) is 0 Å². The number of fused-ring (bicyclic) bond motifs is 1. The molecular formula is C17H11IO5. The van der Waals surface area contributed by atoms with E-state index in [0.29, 0.717) is 11.1 Å². The second kappa shape index (κ2) is 6.41. The Morgan fingerprint density at radius 2 is 1.83 bits per heavy atom. The smallest absolute Gasteiger partial charge is 0.351 e. The van der Waals surface area contributed by atoms with Crippen LogP contribution in [0.5, 0.6) is 11.5 Å². The van der Waals surface area contributed by atoms with Gasteiger partial charge < -0.3 is 14.3 Å². The van der Waals surface area contributed by atoms with Crippen molar-refractivity contribution in [1.29, 1.82) is 0 Å². The van der Waals surface area contributed by atoms with Gasteiger partial charge in [0.1, 0.15) is 22.6 Å². The summed E-state index contributed by atoms with van der Waals surface area (Å²) in [6.07, 6.45) is 0. The lowest BCUT2D eigenvalue weighted by molar-refractivity contribution is 0.0915. The molecule has 6 heteroatoms. The summed E-state index contributed by atoms with van der Waals surface area (Å²) in [7, 11) is 0. The molecule has 1 heterocycles. The van der Waals surface area contributed by atoms with Crippen molar-refractivity contribution < 1.29 is 19.1 Å². The number of carbonyl (C=O) groups is 1. The molecule has 0 spiro atoms. The maximum Gasteiger partial charge on any atom is 0.351 e. The normalized spacial score (nSPS) is 10.7. The topological polar surface area (TPSA) is 76.7 Å². The third-order valence-corrected chi connectivity index (χ3v) is 3.97. The molecule has 0 saturated heterocycles. The molecule has 0 bridgehead atoms. The summed E-state index contributed by atoms with van der Waals surface area (Å²) in [4.78, 5) is 24.2. The van der Waals surface area contributed by atoms with Gasteiger partial charge in [-0.2, -0.15) is 0 Å². The zero-order valence-corrected chi connectivity index (χ0v) is 13.9. The zero-order valence-electron chi connectivity index (χ0n) is 11.8. The summed E-state index contributed by atoms with van der Waals surface area (Å²) in [5.74, 6) is -0.517. The molecule has 0 amide bonds. The molecule has 0 fully saturated rings. The van der Waals surface area contributed by atoms with E-state index < -0.39 is 17.0 Å².